The van der Waals surface area contributed by atoms with Gasteiger partial charge in [-0.1, -0.05) is 26.7 Å². The van der Waals surface area contributed by atoms with Gasteiger partial charge in [0.25, 0.3) is 0 Å². The lowest BCUT2D eigenvalue weighted by Gasteiger charge is -2.29. The highest BCUT2D eigenvalue weighted by atomic mass is 32.1. The Labute approximate surface area is 134 Å². The maximum atomic E-state index is 3.64. The fourth-order valence-corrected chi connectivity index (χ4v) is 4.06. The molecule has 1 aliphatic rings. The molecule has 0 spiro atoms. The van der Waals surface area contributed by atoms with Gasteiger partial charge < -0.3 is 5.32 Å². The van der Waals surface area contributed by atoms with Crippen molar-refractivity contribution >= 4 is 11.3 Å². The van der Waals surface area contributed by atoms with Crippen LogP contribution in [0, 0.1) is 12.8 Å². The first-order chi connectivity index (χ1) is 10.2. The van der Waals surface area contributed by atoms with Crippen LogP contribution in [0.2, 0.25) is 0 Å². The summed E-state index contributed by atoms with van der Waals surface area (Å²) in [5.41, 5.74) is 1.43. The van der Waals surface area contributed by atoms with Gasteiger partial charge in [-0.2, -0.15) is 0 Å². The van der Waals surface area contributed by atoms with Crippen molar-refractivity contribution in [2.24, 2.45) is 5.92 Å². The van der Waals surface area contributed by atoms with Crippen molar-refractivity contribution in [3.8, 4) is 0 Å². The van der Waals surface area contributed by atoms with Crippen molar-refractivity contribution in [2.45, 2.75) is 65.5 Å². The van der Waals surface area contributed by atoms with Gasteiger partial charge in [0.15, 0.2) is 0 Å². The van der Waals surface area contributed by atoms with Crippen molar-refractivity contribution < 1.29 is 0 Å². The molecule has 0 saturated heterocycles. The Kier molecular flexibility index (Phi) is 7.21. The fourth-order valence-electron chi connectivity index (χ4n) is 3.18. The molecule has 0 unspecified atom stereocenters. The average Bonchev–Trinajstić information content (AvgIpc) is 3.10. The molecule has 2 rings (SSSR count). The van der Waals surface area contributed by atoms with Crippen LogP contribution in [0.15, 0.2) is 11.4 Å². The Hall–Kier alpha value is -0.380. The molecule has 1 aromatic rings. The Balaban J connectivity index is 1.71. The zero-order valence-corrected chi connectivity index (χ0v) is 14.8. The topological polar surface area (TPSA) is 15.3 Å². The third kappa shape index (κ3) is 5.72. The molecule has 120 valence electrons. The van der Waals surface area contributed by atoms with E-state index in [1.54, 1.807) is 0 Å². The molecule has 0 aromatic carbocycles. The average molecular weight is 309 g/mol. The van der Waals surface area contributed by atoms with Gasteiger partial charge in [0, 0.05) is 30.6 Å². The molecule has 1 heterocycles. The van der Waals surface area contributed by atoms with Gasteiger partial charge in [-0.05, 0) is 55.7 Å². The van der Waals surface area contributed by atoms with E-state index < -0.39 is 0 Å². The van der Waals surface area contributed by atoms with Gasteiger partial charge in [0.2, 0.25) is 0 Å². The lowest BCUT2D eigenvalue weighted by molar-refractivity contribution is 0.188. The number of thiophene rings is 1. The Morgan fingerprint density at radius 2 is 2.05 bits per heavy atom. The number of nitrogens with zero attached hydrogens (tertiary/aromatic N) is 1. The summed E-state index contributed by atoms with van der Waals surface area (Å²) in [5, 5.41) is 5.83. The van der Waals surface area contributed by atoms with Crippen molar-refractivity contribution in [1.82, 2.24) is 10.2 Å². The summed E-state index contributed by atoms with van der Waals surface area (Å²) in [6.07, 6.45) is 7.04. The predicted octanol–water partition coefficient (Wildman–Crippen LogP) is 4.44. The molecule has 1 aliphatic carbocycles. The second kappa shape index (κ2) is 8.92. The Morgan fingerprint density at radius 3 is 2.67 bits per heavy atom. The second-order valence-corrected chi connectivity index (χ2v) is 7.86. The molecule has 0 aliphatic heterocycles. The van der Waals surface area contributed by atoms with Gasteiger partial charge >= 0.3 is 0 Å². The van der Waals surface area contributed by atoms with Gasteiger partial charge in [-0.3, -0.25) is 4.90 Å². The normalized spacial score (nSPS) is 16.4. The van der Waals surface area contributed by atoms with Crippen molar-refractivity contribution in [2.75, 3.05) is 19.6 Å². The molecule has 0 bridgehead atoms. The van der Waals surface area contributed by atoms with Crippen LogP contribution < -0.4 is 5.32 Å². The smallest absolute Gasteiger partial charge is 0.0302 e. The molecule has 1 saturated carbocycles. The summed E-state index contributed by atoms with van der Waals surface area (Å²) in [6.45, 7) is 11.5. The number of hydrogen-bond donors (Lipinski definition) is 1. The molecule has 2 nitrogen and oxygen atoms in total. The van der Waals surface area contributed by atoms with E-state index in [-0.39, 0.29) is 0 Å². The van der Waals surface area contributed by atoms with Gasteiger partial charge in [0.1, 0.15) is 0 Å². The number of hydrogen-bond acceptors (Lipinski definition) is 3. The second-order valence-electron chi connectivity index (χ2n) is 6.86. The van der Waals surface area contributed by atoms with E-state index in [1.807, 2.05) is 11.3 Å². The minimum Gasteiger partial charge on any atom is -0.311 e. The van der Waals surface area contributed by atoms with Gasteiger partial charge in [-0.25, -0.2) is 0 Å². The van der Waals surface area contributed by atoms with Crippen molar-refractivity contribution in [3.63, 3.8) is 0 Å². The van der Waals surface area contributed by atoms with E-state index in [2.05, 4.69) is 42.4 Å². The minimum atomic E-state index is 0.815. The van der Waals surface area contributed by atoms with Crippen LogP contribution in [0.4, 0.5) is 0 Å². The van der Waals surface area contributed by atoms with Crippen molar-refractivity contribution in [1.29, 1.82) is 0 Å². The summed E-state index contributed by atoms with van der Waals surface area (Å²) in [6, 6.07) is 3.07. The SMILES string of the molecule is Cc1ccsc1CNCCN(CCC(C)C)C1CCCC1. The molecule has 0 amide bonds. The van der Waals surface area contributed by atoms with Crippen LogP contribution in [0.5, 0.6) is 0 Å². The molecular weight excluding hydrogens is 276 g/mol. The first kappa shape index (κ1) is 17.0. The zero-order valence-electron chi connectivity index (χ0n) is 14.0. The van der Waals surface area contributed by atoms with E-state index in [0.29, 0.717) is 0 Å². The first-order valence-corrected chi connectivity index (χ1v) is 9.52. The predicted molar refractivity (Wildman–Crippen MR) is 94.0 cm³/mol. The van der Waals surface area contributed by atoms with Crippen LogP contribution in [-0.2, 0) is 6.54 Å². The Bertz CT molecular complexity index is 394. The van der Waals surface area contributed by atoms with Crippen LogP contribution in [0.3, 0.4) is 0 Å². The zero-order chi connectivity index (χ0) is 15.1. The largest absolute Gasteiger partial charge is 0.311 e. The molecule has 1 N–H and O–H groups in total. The molecule has 0 atom stereocenters. The number of nitrogens with one attached hydrogen (secondary N) is 1. The minimum absolute atomic E-state index is 0.815. The highest BCUT2D eigenvalue weighted by Crippen LogP contribution is 2.24. The number of aryl methyl sites for hydroxylation is 1. The molecular formula is C18H32N2S. The van der Waals surface area contributed by atoms with E-state index >= 15 is 0 Å². The van der Waals surface area contributed by atoms with Crippen LogP contribution in [-0.4, -0.2) is 30.6 Å². The van der Waals surface area contributed by atoms with E-state index in [9.17, 15) is 0 Å². The van der Waals surface area contributed by atoms with E-state index in [1.165, 1.54) is 55.6 Å². The summed E-state index contributed by atoms with van der Waals surface area (Å²) in [4.78, 5) is 4.24. The molecule has 1 aromatic heterocycles. The van der Waals surface area contributed by atoms with Crippen LogP contribution in [0.25, 0.3) is 0 Å². The summed E-state index contributed by atoms with van der Waals surface area (Å²) < 4.78 is 0. The Morgan fingerprint density at radius 1 is 1.29 bits per heavy atom. The maximum absolute atomic E-state index is 3.64. The van der Waals surface area contributed by atoms with E-state index in [4.69, 9.17) is 0 Å². The standard InChI is InChI=1S/C18H32N2S/c1-15(2)8-11-20(17-6-4-5-7-17)12-10-19-14-18-16(3)9-13-21-18/h9,13,15,17,19H,4-8,10-12,14H2,1-3H3. The molecule has 3 heteroatoms. The highest BCUT2D eigenvalue weighted by molar-refractivity contribution is 7.10. The summed E-state index contributed by atoms with van der Waals surface area (Å²) in [7, 11) is 0. The molecule has 1 fully saturated rings. The van der Waals surface area contributed by atoms with Crippen molar-refractivity contribution in [3.05, 3.63) is 21.9 Å². The summed E-state index contributed by atoms with van der Waals surface area (Å²) in [5.74, 6) is 0.815. The fraction of sp³-hybridized carbons (Fsp3) is 0.778. The molecule has 21 heavy (non-hydrogen) atoms. The quantitative estimate of drug-likeness (QED) is 0.679. The first-order valence-electron chi connectivity index (χ1n) is 8.64. The monoisotopic (exact) mass is 308 g/mol. The highest BCUT2D eigenvalue weighted by Gasteiger charge is 2.21. The van der Waals surface area contributed by atoms with Gasteiger partial charge in [0.05, 0.1) is 0 Å². The maximum Gasteiger partial charge on any atom is 0.0302 e. The van der Waals surface area contributed by atoms with E-state index in [0.717, 1.165) is 25.0 Å². The molecule has 0 radical (unpaired) electrons. The lowest BCUT2D eigenvalue weighted by atomic mass is 10.1. The van der Waals surface area contributed by atoms with Crippen LogP contribution in [0.1, 0.15) is 56.4 Å². The third-order valence-electron chi connectivity index (χ3n) is 4.66. The lowest BCUT2D eigenvalue weighted by Crippen LogP contribution is -2.39. The third-order valence-corrected chi connectivity index (χ3v) is 5.69. The van der Waals surface area contributed by atoms with Crippen LogP contribution >= 0.6 is 11.3 Å². The van der Waals surface area contributed by atoms with Gasteiger partial charge in [-0.15, -0.1) is 11.3 Å². The number of rotatable bonds is 9. The summed E-state index contributed by atoms with van der Waals surface area (Å²) >= 11 is 1.87.